The highest BCUT2D eigenvalue weighted by atomic mass is 32.2. The van der Waals surface area contributed by atoms with Crippen LogP contribution >= 0.6 is 11.8 Å². The van der Waals surface area contributed by atoms with Gasteiger partial charge in [0.05, 0.1) is 24.3 Å². The molecule has 1 aromatic rings. The first-order valence-electron chi connectivity index (χ1n) is 5.74. The number of amides is 1. The van der Waals surface area contributed by atoms with Crippen LogP contribution in [-0.2, 0) is 4.79 Å². The topological polar surface area (TPSA) is 70.8 Å². The summed E-state index contributed by atoms with van der Waals surface area (Å²) in [5.74, 6) is 1.09. The number of hydrogen-bond donors (Lipinski definition) is 1. The summed E-state index contributed by atoms with van der Waals surface area (Å²) >= 11 is 1.69. The molecule has 2 rings (SSSR count). The van der Waals surface area contributed by atoms with E-state index in [1.165, 1.54) is 6.26 Å². The molecule has 1 aliphatic heterocycles. The Labute approximate surface area is 109 Å². The Morgan fingerprint density at radius 1 is 1.61 bits per heavy atom. The van der Waals surface area contributed by atoms with Crippen LogP contribution in [-0.4, -0.2) is 46.0 Å². The van der Waals surface area contributed by atoms with Gasteiger partial charge in [0.15, 0.2) is 0 Å². The minimum absolute atomic E-state index is 0.00433. The van der Waals surface area contributed by atoms with Gasteiger partial charge in [-0.15, -0.1) is 0 Å². The third kappa shape index (κ3) is 2.69. The Bertz CT molecular complexity index is 457. The maximum absolute atomic E-state index is 12.3. The Hall–Kier alpha value is -1.43. The summed E-state index contributed by atoms with van der Waals surface area (Å²) in [5, 5.41) is 8.88. The first-order chi connectivity index (χ1) is 8.59. The number of hydrogen-bond acceptors (Lipinski definition) is 4. The SMILES string of the molecule is Cc1occc1C(=O)N1CCSCC1CC(=O)O. The van der Waals surface area contributed by atoms with Gasteiger partial charge in [-0.1, -0.05) is 0 Å². The van der Waals surface area contributed by atoms with Gasteiger partial charge < -0.3 is 14.4 Å². The predicted molar refractivity (Wildman–Crippen MR) is 67.8 cm³/mol. The number of carbonyl (C=O) groups is 2. The number of carboxylic acid groups (broad SMARTS) is 1. The largest absolute Gasteiger partial charge is 0.481 e. The van der Waals surface area contributed by atoms with Crippen LogP contribution in [0.5, 0.6) is 0 Å². The molecule has 1 unspecified atom stereocenters. The Morgan fingerprint density at radius 3 is 3.00 bits per heavy atom. The second-order valence-electron chi connectivity index (χ2n) is 4.22. The van der Waals surface area contributed by atoms with Crippen LogP contribution in [0.4, 0.5) is 0 Å². The van der Waals surface area contributed by atoms with Crippen molar-refractivity contribution in [2.75, 3.05) is 18.1 Å². The molecule has 1 aliphatic rings. The van der Waals surface area contributed by atoms with E-state index in [9.17, 15) is 9.59 Å². The highest BCUT2D eigenvalue weighted by Gasteiger charge is 2.30. The second kappa shape index (κ2) is 5.48. The third-order valence-corrected chi connectivity index (χ3v) is 4.08. The summed E-state index contributed by atoms with van der Waals surface area (Å²) in [6, 6.07) is 1.40. The summed E-state index contributed by atoms with van der Waals surface area (Å²) in [4.78, 5) is 24.8. The summed E-state index contributed by atoms with van der Waals surface area (Å²) in [6.07, 6.45) is 1.48. The van der Waals surface area contributed by atoms with Crippen molar-refractivity contribution >= 4 is 23.6 Å². The van der Waals surface area contributed by atoms with Gasteiger partial charge in [0, 0.05) is 18.1 Å². The second-order valence-corrected chi connectivity index (χ2v) is 5.37. The van der Waals surface area contributed by atoms with Gasteiger partial charge in [0.2, 0.25) is 0 Å². The molecule has 2 heterocycles. The molecule has 1 atom stereocenters. The fourth-order valence-corrected chi connectivity index (χ4v) is 3.12. The standard InChI is InChI=1S/C12H15NO4S/c1-8-10(2-4-17-8)12(16)13-3-5-18-7-9(13)6-11(14)15/h2,4,9H,3,5-7H2,1H3,(H,14,15). The number of furan rings is 1. The summed E-state index contributed by atoms with van der Waals surface area (Å²) in [7, 11) is 0. The fourth-order valence-electron chi connectivity index (χ4n) is 2.05. The van der Waals surface area contributed by atoms with Crippen molar-refractivity contribution in [2.24, 2.45) is 0 Å². The molecule has 1 aromatic heterocycles. The molecule has 1 amide bonds. The molecule has 98 valence electrons. The van der Waals surface area contributed by atoms with E-state index in [1.54, 1.807) is 29.7 Å². The zero-order valence-corrected chi connectivity index (χ0v) is 10.9. The van der Waals surface area contributed by atoms with Gasteiger partial charge in [0.1, 0.15) is 5.76 Å². The summed E-state index contributed by atoms with van der Waals surface area (Å²) in [6.45, 7) is 2.32. The van der Waals surface area contributed by atoms with Crippen molar-refractivity contribution in [2.45, 2.75) is 19.4 Å². The number of aliphatic carboxylic acids is 1. The first-order valence-corrected chi connectivity index (χ1v) is 6.89. The lowest BCUT2D eigenvalue weighted by Gasteiger charge is -2.34. The van der Waals surface area contributed by atoms with E-state index >= 15 is 0 Å². The fraction of sp³-hybridized carbons (Fsp3) is 0.500. The Morgan fingerprint density at radius 2 is 2.39 bits per heavy atom. The first kappa shape index (κ1) is 13.0. The zero-order valence-electron chi connectivity index (χ0n) is 10.1. The van der Waals surface area contributed by atoms with Gasteiger partial charge in [-0.25, -0.2) is 0 Å². The van der Waals surface area contributed by atoms with Gasteiger partial charge in [0.25, 0.3) is 5.91 Å². The number of carboxylic acids is 1. The van der Waals surface area contributed by atoms with Crippen molar-refractivity contribution in [3.63, 3.8) is 0 Å². The molecule has 0 saturated carbocycles. The number of nitrogens with zero attached hydrogens (tertiary/aromatic N) is 1. The molecule has 0 bridgehead atoms. The lowest BCUT2D eigenvalue weighted by atomic mass is 10.1. The number of carbonyl (C=O) groups excluding carboxylic acids is 1. The van der Waals surface area contributed by atoms with Crippen LogP contribution in [0.2, 0.25) is 0 Å². The minimum atomic E-state index is -0.871. The average molecular weight is 269 g/mol. The van der Waals surface area contributed by atoms with Crippen molar-refractivity contribution in [3.8, 4) is 0 Å². The molecule has 0 aromatic carbocycles. The zero-order chi connectivity index (χ0) is 13.1. The number of aryl methyl sites for hydroxylation is 1. The van der Waals surface area contributed by atoms with Gasteiger partial charge in [-0.05, 0) is 13.0 Å². The summed E-state index contributed by atoms with van der Waals surface area (Å²) < 4.78 is 5.12. The quantitative estimate of drug-likeness (QED) is 0.903. The van der Waals surface area contributed by atoms with Crippen LogP contribution < -0.4 is 0 Å². The maximum Gasteiger partial charge on any atom is 0.305 e. The lowest BCUT2D eigenvalue weighted by molar-refractivity contribution is -0.138. The molecule has 5 nitrogen and oxygen atoms in total. The van der Waals surface area contributed by atoms with E-state index < -0.39 is 5.97 Å². The van der Waals surface area contributed by atoms with Gasteiger partial charge >= 0.3 is 5.97 Å². The third-order valence-electron chi connectivity index (χ3n) is 2.99. The molecule has 18 heavy (non-hydrogen) atoms. The van der Waals surface area contributed by atoms with E-state index in [1.807, 2.05) is 0 Å². The van der Waals surface area contributed by atoms with E-state index in [-0.39, 0.29) is 18.4 Å². The molecule has 1 N–H and O–H groups in total. The monoisotopic (exact) mass is 269 g/mol. The normalized spacial score (nSPS) is 19.8. The molecule has 6 heteroatoms. The number of thioether (sulfide) groups is 1. The minimum Gasteiger partial charge on any atom is -0.481 e. The molecule has 1 saturated heterocycles. The average Bonchev–Trinajstić information content (AvgIpc) is 2.74. The van der Waals surface area contributed by atoms with Crippen LogP contribution in [0.15, 0.2) is 16.7 Å². The Kier molecular flexibility index (Phi) is 3.96. The molecule has 0 aliphatic carbocycles. The number of rotatable bonds is 3. The molecule has 0 spiro atoms. The Balaban J connectivity index is 2.16. The highest BCUT2D eigenvalue weighted by molar-refractivity contribution is 7.99. The molecular weight excluding hydrogens is 254 g/mol. The smallest absolute Gasteiger partial charge is 0.305 e. The maximum atomic E-state index is 12.3. The molecule has 1 fully saturated rings. The van der Waals surface area contributed by atoms with Crippen LogP contribution in [0.3, 0.4) is 0 Å². The van der Waals surface area contributed by atoms with Crippen LogP contribution in [0.1, 0.15) is 22.5 Å². The molecular formula is C12H15NO4S. The van der Waals surface area contributed by atoms with Gasteiger partial charge in [-0.2, -0.15) is 11.8 Å². The van der Waals surface area contributed by atoms with Crippen molar-refractivity contribution in [1.82, 2.24) is 4.90 Å². The lowest BCUT2D eigenvalue weighted by Crippen LogP contribution is -2.47. The van der Waals surface area contributed by atoms with E-state index in [0.717, 1.165) is 5.75 Å². The highest BCUT2D eigenvalue weighted by Crippen LogP contribution is 2.22. The molecule has 0 radical (unpaired) electrons. The predicted octanol–water partition coefficient (Wildman–Crippen LogP) is 1.62. The van der Waals surface area contributed by atoms with Gasteiger partial charge in [-0.3, -0.25) is 9.59 Å². The van der Waals surface area contributed by atoms with Crippen molar-refractivity contribution in [3.05, 3.63) is 23.7 Å². The van der Waals surface area contributed by atoms with Crippen molar-refractivity contribution < 1.29 is 19.1 Å². The van der Waals surface area contributed by atoms with E-state index in [4.69, 9.17) is 9.52 Å². The van der Waals surface area contributed by atoms with Crippen LogP contribution in [0, 0.1) is 6.92 Å². The van der Waals surface area contributed by atoms with Crippen molar-refractivity contribution in [1.29, 1.82) is 0 Å². The van der Waals surface area contributed by atoms with Crippen LogP contribution in [0.25, 0.3) is 0 Å². The van der Waals surface area contributed by atoms with E-state index in [2.05, 4.69) is 0 Å². The van der Waals surface area contributed by atoms with E-state index in [0.29, 0.717) is 23.6 Å². The summed E-state index contributed by atoms with van der Waals surface area (Å²) in [5.41, 5.74) is 0.525.